The summed E-state index contributed by atoms with van der Waals surface area (Å²) in [6.07, 6.45) is 0.933. The van der Waals surface area contributed by atoms with E-state index >= 15 is 0 Å². The average Bonchev–Trinajstić information content (AvgIpc) is 2.93. The lowest BCUT2D eigenvalue weighted by Gasteiger charge is -2.20. The molecule has 1 saturated heterocycles. The normalized spacial score (nSPS) is 20.6. The van der Waals surface area contributed by atoms with E-state index in [2.05, 4.69) is 0 Å². The summed E-state index contributed by atoms with van der Waals surface area (Å²) in [6, 6.07) is 5.48. The van der Waals surface area contributed by atoms with Crippen LogP contribution in [0.25, 0.3) is 0 Å². The van der Waals surface area contributed by atoms with Crippen LogP contribution < -0.4 is 14.6 Å². The molecule has 1 unspecified atom stereocenters. The van der Waals surface area contributed by atoms with E-state index in [9.17, 15) is 13.2 Å². The second kappa shape index (κ2) is 6.37. The van der Waals surface area contributed by atoms with Gasteiger partial charge in [-0.1, -0.05) is 6.07 Å². The fourth-order valence-electron chi connectivity index (χ4n) is 3.01. The van der Waals surface area contributed by atoms with Crippen LogP contribution in [0, 0.1) is 5.92 Å². The van der Waals surface area contributed by atoms with Crippen molar-refractivity contribution in [3.05, 3.63) is 23.8 Å². The Morgan fingerprint density at radius 3 is 2.74 bits per heavy atom. The highest BCUT2D eigenvalue weighted by molar-refractivity contribution is 7.89. The molecule has 0 spiro atoms. The van der Waals surface area contributed by atoms with Gasteiger partial charge in [-0.25, -0.2) is 13.6 Å². The van der Waals surface area contributed by atoms with Gasteiger partial charge in [-0.05, 0) is 30.0 Å². The van der Waals surface area contributed by atoms with Crippen LogP contribution in [0.2, 0.25) is 0 Å². The Labute approximate surface area is 135 Å². The van der Waals surface area contributed by atoms with E-state index in [1.807, 2.05) is 18.2 Å². The Morgan fingerprint density at radius 1 is 1.26 bits per heavy atom. The van der Waals surface area contributed by atoms with Gasteiger partial charge in [0.1, 0.15) is 13.2 Å². The predicted octanol–water partition coefficient (Wildman–Crippen LogP) is 0.137. The number of amides is 1. The minimum absolute atomic E-state index is 0.0152. The summed E-state index contributed by atoms with van der Waals surface area (Å²) >= 11 is 0. The standard InChI is InChI=1S/C15H20N2O5S/c16-23(19,20)10-12-3-4-17(9-12)15(18)8-11-1-2-13-14(7-11)22-6-5-21-13/h1-2,7,12H,3-6,8-10H2,(H2,16,19,20). The predicted molar refractivity (Wildman–Crippen MR) is 83.8 cm³/mol. The molecule has 2 aliphatic heterocycles. The number of nitrogens with zero attached hydrogens (tertiary/aromatic N) is 1. The van der Waals surface area contributed by atoms with E-state index in [-0.39, 0.29) is 24.0 Å². The van der Waals surface area contributed by atoms with Crippen LogP contribution in [0.3, 0.4) is 0 Å². The van der Waals surface area contributed by atoms with E-state index in [1.165, 1.54) is 0 Å². The molecule has 2 N–H and O–H groups in total. The molecule has 0 aromatic heterocycles. The number of likely N-dealkylation sites (tertiary alicyclic amines) is 1. The lowest BCUT2D eigenvalue weighted by molar-refractivity contribution is -0.129. The molecule has 23 heavy (non-hydrogen) atoms. The molecule has 0 saturated carbocycles. The van der Waals surface area contributed by atoms with Crippen LogP contribution in [0.5, 0.6) is 11.5 Å². The molecule has 7 nitrogen and oxygen atoms in total. The number of carbonyl (C=O) groups excluding carboxylic acids is 1. The first-order valence-electron chi connectivity index (χ1n) is 7.57. The molecule has 1 aromatic rings. The maximum atomic E-state index is 12.4. The topological polar surface area (TPSA) is 98.9 Å². The molecule has 1 fully saturated rings. The SMILES string of the molecule is NS(=O)(=O)CC1CCN(C(=O)Cc2ccc3c(c2)OCCO3)C1. The minimum Gasteiger partial charge on any atom is -0.486 e. The summed E-state index contributed by atoms with van der Waals surface area (Å²) in [4.78, 5) is 14.1. The van der Waals surface area contributed by atoms with Gasteiger partial charge in [-0.2, -0.15) is 0 Å². The van der Waals surface area contributed by atoms with Crippen molar-refractivity contribution in [3.8, 4) is 11.5 Å². The lowest BCUT2D eigenvalue weighted by Crippen LogP contribution is -2.31. The number of ether oxygens (including phenoxy) is 2. The average molecular weight is 340 g/mol. The van der Waals surface area contributed by atoms with Gasteiger partial charge in [-0.3, -0.25) is 4.79 Å². The molecule has 0 radical (unpaired) electrons. The van der Waals surface area contributed by atoms with Crippen molar-refractivity contribution in [2.45, 2.75) is 12.8 Å². The summed E-state index contributed by atoms with van der Waals surface area (Å²) < 4.78 is 33.2. The third-order valence-electron chi connectivity index (χ3n) is 4.07. The summed E-state index contributed by atoms with van der Waals surface area (Å²) in [5.41, 5.74) is 0.856. The van der Waals surface area contributed by atoms with Crippen molar-refractivity contribution in [2.75, 3.05) is 32.1 Å². The highest BCUT2D eigenvalue weighted by atomic mass is 32.2. The molecule has 1 atom stereocenters. The third kappa shape index (κ3) is 4.14. The Hall–Kier alpha value is -1.80. The maximum Gasteiger partial charge on any atom is 0.227 e. The molecular weight excluding hydrogens is 320 g/mol. The van der Waals surface area contributed by atoms with Crippen LogP contribution in [-0.4, -0.2) is 51.3 Å². The number of rotatable bonds is 4. The first-order chi connectivity index (χ1) is 10.9. The van der Waals surface area contributed by atoms with Crippen LogP contribution in [0.15, 0.2) is 18.2 Å². The lowest BCUT2D eigenvalue weighted by atomic mass is 10.1. The van der Waals surface area contributed by atoms with E-state index in [0.717, 1.165) is 5.56 Å². The van der Waals surface area contributed by atoms with Gasteiger partial charge in [0.25, 0.3) is 0 Å². The summed E-state index contributed by atoms with van der Waals surface area (Å²) in [5.74, 6) is 1.20. The largest absolute Gasteiger partial charge is 0.486 e. The number of sulfonamides is 1. The number of hydrogen-bond acceptors (Lipinski definition) is 5. The smallest absolute Gasteiger partial charge is 0.227 e. The fraction of sp³-hybridized carbons (Fsp3) is 0.533. The molecule has 8 heteroatoms. The van der Waals surface area contributed by atoms with Gasteiger partial charge in [0, 0.05) is 13.1 Å². The van der Waals surface area contributed by atoms with Crippen molar-refractivity contribution in [1.29, 1.82) is 0 Å². The number of nitrogens with two attached hydrogens (primary N) is 1. The maximum absolute atomic E-state index is 12.4. The number of carbonyl (C=O) groups is 1. The Bertz CT molecular complexity index is 704. The Balaban J connectivity index is 1.59. The molecule has 3 rings (SSSR count). The molecular formula is C15H20N2O5S. The van der Waals surface area contributed by atoms with Gasteiger partial charge in [-0.15, -0.1) is 0 Å². The number of hydrogen-bond donors (Lipinski definition) is 1. The fourth-order valence-corrected chi connectivity index (χ4v) is 3.94. The minimum atomic E-state index is -3.49. The molecule has 126 valence electrons. The molecule has 0 aliphatic carbocycles. The molecule has 2 aliphatic rings. The van der Waals surface area contributed by atoms with Crippen LogP contribution in [0.1, 0.15) is 12.0 Å². The highest BCUT2D eigenvalue weighted by Crippen LogP contribution is 2.31. The van der Waals surface area contributed by atoms with Crippen LogP contribution >= 0.6 is 0 Å². The van der Waals surface area contributed by atoms with Gasteiger partial charge in [0.05, 0.1) is 12.2 Å². The van der Waals surface area contributed by atoms with Crippen molar-refractivity contribution < 1.29 is 22.7 Å². The van der Waals surface area contributed by atoms with Gasteiger partial charge >= 0.3 is 0 Å². The van der Waals surface area contributed by atoms with E-state index in [1.54, 1.807) is 4.90 Å². The monoisotopic (exact) mass is 340 g/mol. The Kier molecular flexibility index (Phi) is 4.45. The first kappa shape index (κ1) is 16.1. The van der Waals surface area contributed by atoms with Crippen molar-refractivity contribution in [3.63, 3.8) is 0 Å². The van der Waals surface area contributed by atoms with Crippen LogP contribution in [0.4, 0.5) is 0 Å². The number of fused-ring (bicyclic) bond motifs is 1. The molecule has 2 heterocycles. The van der Waals surface area contributed by atoms with Crippen molar-refractivity contribution in [1.82, 2.24) is 4.90 Å². The van der Waals surface area contributed by atoms with Crippen molar-refractivity contribution >= 4 is 15.9 Å². The van der Waals surface area contributed by atoms with Gasteiger partial charge < -0.3 is 14.4 Å². The van der Waals surface area contributed by atoms with Gasteiger partial charge in [0.15, 0.2) is 11.5 Å². The summed E-state index contributed by atoms with van der Waals surface area (Å²) in [7, 11) is -3.49. The number of benzene rings is 1. The molecule has 0 bridgehead atoms. The Morgan fingerprint density at radius 2 is 2.00 bits per heavy atom. The first-order valence-corrected chi connectivity index (χ1v) is 9.29. The molecule has 1 aromatic carbocycles. The van der Waals surface area contributed by atoms with E-state index in [4.69, 9.17) is 14.6 Å². The summed E-state index contributed by atoms with van der Waals surface area (Å²) in [6.45, 7) is 2.06. The van der Waals surface area contributed by atoms with Gasteiger partial charge in [0.2, 0.25) is 15.9 Å². The number of primary sulfonamides is 1. The second-order valence-electron chi connectivity index (χ2n) is 5.98. The zero-order chi connectivity index (χ0) is 16.4. The quantitative estimate of drug-likeness (QED) is 0.840. The van der Waals surface area contributed by atoms with Crippen molar-refractivity contribution in [2.24, 2.45) is 11.1 Å². The van der Waals surface area contributed by atoms with E-state index in [0.29, 0.717) is 44.2 Å². The highest BCUT2D eigenvalue weighted by Gasteiger charge is 2.28. The zero-order valence-electron chi connectivity index (χ0n) is 12.7. The summed E-state index contributed by atoms with van der Waals surface area (Å²) in [5, 5.41) is 5.07. The second-order valence-corrected chi connectivity index (χ2v) is 7.64. The van der Waals surface area contributed by atoms with Crippen LogP contribution in [-0.2, 0) is 21.2 Å². The zero-order valence-corrected chi connectivity index (χ0v) is 13.5. The van der Waals surface area contributed by atoms with E-state index < -0.39 is 10.0 Å². The molecule has 1 amide bonds. The third-order valence-corrected chi connectivity index (χ3v) is 5.00.